The second kappa shape index (κ2) is 5.41. The Balaban J connectivity index is 1.46. The molecule has 1 aromatic carbocycles. The highest BCUT2D eigenvalue weighted by Gasteiger charge is 2.41. The van der Waals surface area contributed by atoms with E-state index in [0.29, 0.717) is 6.04 Å². The number of nitrogens with two attached hydrogens (primary N) is 1. The summed E-state index contributed by atoms with van der Waals surface area (Å²) in [6.07, 6.45) is 14.0. The van der Waals surface area contributed by atoms with Crippen molar-refractivity contribution < 1.29 is 0 Å². The van der Waals surface area contributed by atoms with Gasteiger partial charge in [0.05, 0.1) is 0 Å². The van der Waals surface area contributed by atoms with E-state index in [4.69, 9.17) is 5.73 Å². The third-order valence-electron chi connectivity index (χ3n) is 4.16. The van der Waals surface area contributed by atoms with Crippen LogP contribution in [0.5, 0.6) is 0 Å². The Morgan fingerprint density at radius 3 is 2.60 bits per heavy atom. The third kappa shape index (κ3) is 2.55. The zero-order chi connectivity index (χ0) is 13.9. The van der Waals surface area contributed by atoms with Gasteiger partial charge in [-0.15, -0.1) is 0 Å². The van der Waals surface area contributed by atoms with Gasteiger partial charge in [-0.2, -0.15) is 0 Å². The van der Waals surface area contributed by atoms with Gasteiger partial charge in [-0.05, 0) is 47.9 Å². The summed E-state index contributed by atoms with van der Waals surface area (Å²) in [7, 11) is 0. The zero-order valence-electron chi connectivity index (χ0n) is 11.5. The molecule has 2 unspecified atom stereocenters. The number of nitrogen functional groups attached to an aromatic ring is 1. The molecular formula is C18H20N2. The quantitative estimate of drug-likeness (QED) is 0.485. The number of anilines is 1. The molecule has 1 aromatic rings. The number of hydrogen-bond acceptors (Lipinski definition) is 2. The third-order valence-corrected chi connectivity index (χ3v) is 4.16. The maximum Gasteiger partial charge on any atom is 0.0329 e. The Kier molecular flexibility index (Phi) is 3.46. The summed E-state index contributed by atoms with van der Waals surface area (Å²) in [4.78, 5) is 0. The number of allylic oxidation sites excluding steroid dienone is 5. The molecule has 2 aliphatic carbocycles. The maximum absolute atomic E-state index is 5.67. The van der Waals surface area contributed by atoms with Gasteiger partial charge >= 0.3 is 0 Å². The fraction of sp³-hybridized carbons (Fsp3) is 0.222. The van der Waals surface area contributed by atoms with E-state index in [1.807, 2.05) is 48.7 Å². The zero-order valence-corrected chi connectivity index (χ0v) is 11.5. The number of nitrogens with one attached hydrogen (secondary N) is 1. The normalized spacial score (nSPS) is 27.1. The Morgan fingerprint density at radius 1 is 1.20 bits per heavy atom. The summed E-state index contributed by atoms with van der Waals surface area (Å²) in [5.74, 6) is 1.62. The monoisotopic (exact) mass is 264 g/mol. The molecule has 0 radical (unpaired) electrons. The molecule has 0 heterocycles. The number of benzene rings is 1. The van der Waals surface area contributed by atoms with Crippen LogP contribution in [0.2, 0.25) is 0 Å². The van der Waals surface area contributed by atoms with E-state index in [-0.39, 0.29) is 0 Å². The maximum atomic E-state index is 5.67. The van der Waals surface area contributed by atoms with Gasteiger partial charge in [-0.1, -0.05) is 43.0 Å². The van der Waals surface area contributed by atoms with Crippen LogP contribution >= 0.6 is 0 Å². The number of rotatable bonds is 5. The van der Waals surface area contributed by atoms with Crippen molar-refractivity contribution in [2.24, 2.45) is 11.8 Å². The largest absolute Gasteiger partial charge is 0.399 e. The summed E-state index contributed by atoms with van der Waals surface area (Å²) in [6.45, 7) is 4.05. The Bertz CT molecular complexity index is 578. The van der Waals surface area contributed by atoms with E-state index in [1.165, 1.54) is 6.42 Å². The molecule has 1 fully saturated rings. The fourth-order valence-electron chi connectivity index (χ4n) is 2.70. The molecule has 1 saturated carbocycles. The summed E-state index contributed by atoms with van der Waals surface area (Å²) in [5, 5.41) is 3.44. The van der Waals surface area contributed by atoms with Crippen LogP contribution in [-0.4, -0.2) is 6.04 Å². The molecule has 2 nitrogen and oxygen atoms in total. The molecule has 0 saturated heterocycles. The van der Waals surface area contributed by atoms with E-state index in [9.17, 15) is 0 Å². The molecule has 3 atom stereocenters. The average molecular weight is 264 g/mol. The van der Waals surface area contributed by atoms with Crippen LogP contribution in [0, 0.1) is 11.8 Å². The predicted octanol–water partition coefficient (Wildman–Crippen LogP) is 3.52. The highest BCUT2D eigenvalue weighted by Crippen LogP contribution is 2.43. The molecule has 0 spiro atoms. The van der Waals surface area contributed by atoms with E-state index in [2.05, 4.69) is 24.0 Å². The van der Waals surface area contributed by atoms with Gasteiger partial charge in [0.1, 0.15) is 0 Å². The lowest BCUT2D eigenvalue weighted by molar-refractivity contribution is 0.174. The van der Waals surface area contributed by atoms with E-state index in [0.717, 1.165) is 28.7 Å². The van der Waals surface area contributed by atoms with Crippen LogP contribution in [0.1, 0.15) is 12.0 Å². The topological polar surface area (TPSA) is 38.0 Å². The Labute approximate surface area is 120 Å². The van der Waals surface area contributed by atoms with Crippen molar-refractivity contribution in [2.45, 2.75) is 12.5 Å². The predicted molar refractivity (Wildman–Crippen MR) is 85.8 cm³/mol. The van der Waals surface area contributed by atoms with Crippen molar-refractivity contribution in [3.63, 3.8) is 0 Å². The first-order valence-electron chi connectivity index (χ1n) is 7.06. The minimum Gasteiger partial charge on any atom is -0.399 e. The highest BCUT2D eigenvalue weighted by molar-refractivity contribution is 5.73. The first-order valence-corrected chi connectivity index (χ1v) is 7.06. The van der Waals surface area contributed by atoms with Crippen molar-refractivity contribution in [1.29, 1.82) is 0 Å². The summed E-state index contributed by atoms with van der Waals surface area (Å²) in [6, 6.07) is 8.40. The van der Waals surface area contributed by atoms with Gasteiger partial charge in [0, 0.05) is 17.6 Å². The van der Waals surface area contributed by atoms with Gasteiger partial charge < -0.3 is 11.1 Å². The van der Waals surface area contributed by atoms with Crippen LogP contribution in [0.3, 0.4) is 0 Å². The number of hydrogen-bond donors (Lipinski definition) is 2. The molecule has 0 amide bonds. The van der Waals surface area contributed by atoms with E-state index in [1.54, 1.807) is 0 Å². The number of fused-ring (bicyclic) bond motifs is 1. The Hall–Kier alpha value is -2.22. The average Bonchev–Trinajstić information content (AvgIpc) is 2.43. The summed E-state index contributed by atoms with van der Waals surface area (Å²) < 4.78 is 0. The molecule has 0 aromatic heterocycles. The van der Waals surface area contributed by atoms with Crippen LogP contribution < -0.4 is 11.1 Å². The minimum atomic E-state index is 0.634. The second-order valence-corrected chi connectivity index (χ2v) is 5.50. The lowest BCUT2D eigenvalue weighted by Gasteiger charge is -2.47. The molecule has 2 aliphatic rings. The smallest absolute Gasteiger partial charge is 0.0329 e. The first kappa shape index (κ1) is 12.8. The minimum absolute atomic E-state index is 0.634. The molecule has 0 aliphatic heterocycles. The van der Waals surface area contributed by atoms with Crippen LogP contribution in [-0.2, 0) is 0 Å². The summed E-state index contributed by atoms with van der Waals surface area (Å²) in [5.41, 5.74) is 8.53. The van der Waals surface area contributed by atoms with E-state index >= 15 is 0 Å². The van der Waals surface area contributed by atoms with Crippen molar-refractivity contribution >= 4 is 11.3 Å². The molecule has 102 valence electrons. The molecular weight excluding hydrogens is 244 g/mol. The highest BCUT2D eigenvalue weighted by atomic mass is 14.9. The lowest BCUT2D eigenvalue weighted by atomic mass is 9.62. The van der Waals surface area contributed by atoms with Crippen LogP contribution in [0.4, 0.5) is 5.69 Å². The SMILES string of the molecule is C=C(/C=C\C=C/NC1C[C@H]2C=CC12)c1ccc(N)cc1. The van der Waals surface area contributed by atoms with Gasteiger partial charge in [0.2, 0.25) is 0 Å². The van der Waals surface area contributed by atoms with Crippen LogP contribution in [0.15, 0.2) is 67.4 Å². The van der Waals surface area contributed by atoms with Crippen molar-refractivity contribution in [3.8, 4) is 0 Å². The Morgan fingerprint density at radius 2 is 2.00 bits per heavy atom. The molecule has 0 bridgehead atoms. The van der Waals surface area contributed by atoms with Crippen molar-refractivity contribution in [1.82, 2.24) is 5.32 Å². The molecule has 20 heavy (non-hydrogen) atoms. The van der Waals surface area contributed by atoms with Gasteiger partial charge in [0.25, 0.3) is 0 Å². The lowest BCUT2D eigenvalue weighted by Crippen LogP contribution is -2.50. The van der Waals surface area contributed by atoms with Crippen molar-refractivity contribution in [3.05, 3.63) is 73.0 Å². The standard InChI is InChI=1S/C18H20N2/c1-13(14-5-8-16(19)9-6-14)4-2-3-11-20-18-12-15-7-10-17(15)18/h2-11,15,17-18,20H,1,12,19H2/b4-2-,11-3-/t15-,17?,18?/m1/s1. The van der Waals surface area contributed by atoms with Crippen molar-refractivity contribution in [2.75, 3.05) is 5.73 Å². The fourth-order valence-corrected chi connectivity index (χ4v) is 2.70. The van der Waals surface area contributed by atoms with Gasteiger partial charge in [-0.3, -0.25) is 0 Å². The molecule has 3 rings (SSSR count). The van der Waals surface area contributed by atoms with Crippen LogP contribution in [0.25, 0.3) is 5.57 Å². The van der Waals surface area contributed by atoms with Gasteiger partial charge in [0.15, 0.2) is 0 Å². The first-order chi connectivity index (χ1) is 9.74. The molecule has 2 heteroatoms. The molecule has 3 N–H and O–H groups in total. The van der Waals surface area contributed by atoms with E-state index < -0.39 is 0 Å². The second-order valence-electron chi connectivity index (χ2n) is 5.50. The van der Waals surface area contributed by atoms with Gasteiger partial charge in [-0.25, -0.2) is 0 Å². The summed E-state index contributed by atoms with van der Waals surface area (Å²) >= 11 is 0.